The number of benzene rings is 1. The third-order valence-corrected chi connectivity index (χ3v) is 4.25. The van der Waals surface area contributed by atoms with E-state index in [1.807, 2.05) is 0 Å². The topological polar surface area (TPSA) is 83.6 Å². The molecule has 1 saturated heterocycles. The molecule has 6 heteroatoms. The summed E-state index contributed by atoms with van der Waals surface area (Å²) in [6.07, 6.45) is 1.64. The fraction of sp³-hybridized carbons (Fsp3) is 0.429. The number of carbonyl (C=O) groups is 2. The lowest BCUT2D eigenvalue weighted by atomic mass is 10.0. The molecule has 3 N–H and O–H groups in total. The lowest BCUT2D eigenvalue weighted by molar-refractivity contribution is -0.137. The van der Waals surface area contributed by atoms with Gasteiger partial charge in [0.25, 0.3) is 5.91 Å². The minimum absolute atomic E-state index is 0.0537. The van der Waals surface area contributed by atoms with Crippen molar-refractivity contribution >= 4 is 33.5 Å². The molecule has 0 radical (unpaired) electrons. The van der Waals surface area contributed by atoms with Crippen LogP contribution in [0.4, 0.5) is 5.69 Å². The Kier molecular flexibility index (Phi) is 4.65. The van der Waals surface area contributed by atoms with Gasteiger partial charge in [-0.25, -0.2) is 0 Å². The molecule has 0 spiro atoms. The normalized spacial score (nSPS) is 18.2. The highest BCUT2D eigenvalue weighted by Gasteiger charge is 2.28. The predicted molar refractivity (Wildman–Crippen MR) is 79.4 cm³/mol. The van der Waals surface area contributed by atoms with Crippen LogP contribution in [0.3, 0.4) is 0 Å². The van der Waals surface area contributed by atoms with E-state index >= 15 is 0 Å². The van der Waals surface area contributed by atoms with Gasteiger partial charge in [0.05, 0.1) is 5.56 Å². The summed E-state index contributed by atoms with van der Waals surface area (Å²) in [5, 5.41) is 8.69. The van der Waals surface area contributed by atoms with Crippen LogP contribution in [0.2, 0.25) is 0 Å². The summed E-state index contributed by atoms with van der Waals surface area (Å²) in [5.41, 5.74) is 6.83. The van der Waals surface area contributed by atoms with Gasteiger partial charge in [0.1, 0.15) is 0 Å². The molecule has 2 rings (SSSR count). The van der Waals surface area contributed by atoms with Crippen LogP contribution in [0, 0.1) is 5.92 Å². The number of likely N-dealkylation sites (tertiary alicyclic amines) is 1. The van der Waals surface area contributed by atoms with E-state index in [0.717, 1.165) is 10.9 Å². The van der Waals surface area contributed by atoms with Gasteiger partial charge < -0.3 is 15.7 Å². The van der Waals surface area contributed by atoms with Crippen molar-refractivity contribution in [3.8, 4) is 0 Å². The minimum Gasteiger partial charge on any atom is -0.481 e. The molecule has 1 aromatic rings. The zero-order valence-corrected chi connectivity index (χ0v) is 12.6. The van der Waals surface area contributed by atoms with E-state index in [-0.39, 0.29) is 18.2 Å². The van der Waals surface area contributed by atoms with Crippen molar-refractivity contribution in [1.29, 1.82) is 0 Å². The van der Waals surface area contributed by atoms with E-state index in [0.29, 0.717) is 30.8 Å². The van der Waals surface area contributed by atoms with Crippen molar-refractivity contribution in [2.24, 2.45) is 5.92 Å². The van der Waals surface area contributed by atoms with Crippen LogP contribution in [-0.4, -0.2) is 35.0 Å². The van der Waals surface area contributed by atoms with Crippen LogP contribution in [0.15, 0.2) is 22.7 Å². The van der Waals surface area contributed by atoms with Crippen molar-refractivity contribution in [3.63, 3.8) is 0 Å². The summed E-state index contributed by atoms with van der Waals surface area (Å²) in [5.74, 6) is -0.565. The maximum Gasteiger partial charge on any atom is 0.303 e. The molecule has 108 valence electrons. The number of amides is 1. The number of halogens is 1. The number of carboxylic acids is 1. The van der Waals surface area contributed by atoms with Crippen molar-refractivity contribution in [3.05, 3.63) is 28.2 Å². The lowest BCUT2D eigenvalue weighted by Crippen LogP contribution is -2.29. The van der Waals surface area contributed by atoms with E-state index in [1.165, 1.54) is 0 Å². The Morgan fingerprint density at radius 1 is 1.45 bits per heavy atom. The van der Waals surface area contributed by atoms with Crippen LogP contribution >= 0.6 is 15.9 Å². The maximum absolute atomic E-state index is 12.4. The average Bonchev–Trinajstić information content (AvgIpc) is 2.87. The number of hydrogen-bond donors (Lipinski definition) is 2. The zero-order valence-electron chi connectivity index (χ0n) is 11.0. The summed E-state index contributed by atoms with van der Waals surface area (Å²) in [6.45, 7) is 1.29. The van der Waals surface area contributed by atoms with Gasteiger partial charge in [0.15, 0.2) is 0 Å². The summed E-state index contributed by atoms with van der Waals surface area (Å²) in [7, 11) is 0. The Morgan fingerprint density at radius 3 is 2.90 bits per heavy atom. The largest absolute Gasteiger partial charge is 0.481 e. The van der Waals surface area contributed by atoms with E-state index in [4.69, 9.17) is 10.8 Å². The third kappa shape index (κ3) is 3.50. The van der Waals surface area contributed by atoms with E-state index in [1.54, 1.807) is 23.1 Å². The van der Waals surface area contributed by atoms with Crippen LogP contribution in [0.5, 0.6) is 0 Å². The molecule has 1 heterocycles. The molecule has 0 aliphatic carbocycles. The van der Waals surface area contributed by atoms with Crippen molar-refractivity contribution in [1.82, 2.24) is 4.90 Å². The second-order valence-corrected chi connectivity index (χ2v) is 5.93. The first-order valence-electron chi connectivity index (χ1n) is 6.53. The summed E-state index contributed by atoms with van der Waals surface area (Å²) in [4.78, 5) is 24.8. The average molecular weight is 341 g/mol. The van der Waals surface area contributed by atoms with E-state index in [2.05, 4.69) is 15.9 Å². The van der Waals surface area contributed by atoms with E-state index in [9.17, 15) is 9.59 Å². The second-order valence-electron chi connectivity index (χ2n) is 5.08. The molecular formula is C14H17BrN2O3. The minimum atomic E-state index is -0.784. The highest BCUT2D eigenvalue weighted by atomic mass is 79.9. The van der Waals surface area contributed by atoms with Gasteiger partial charge in [-0.2, -0.15) is 0 Å². The van der Waals surface area contributed by atoms with Gasteiger partial charge in [0.2, 0.25) is 0 Å². The lowest BCUT2D eigenvalue weighted by Gasteiger charge is -2.17. The summed E-state index contributed by atoms with van der Waals surface area (Å²) < 4.78 is 0.727. The van der Waals surface area contributed by atoms with Gasteiger partial charge in [-0.1, -0.05) is 0 Å². The first-order valence-corrected chi connectivity index (χ1v) is 7.32. The number of carboxylic acid groups (broad SMARTS) is 1. The third-order valence-electron chi connectivity index (χ3n) is 3.56. The van der Waals surface area contributed by atoms with Gasteiger partial charge in [0, 0.05) is 29.7 Å². The number of nitrogens with zero attached hydrogens (tertiary/aromatic N) is 1. The molecule has 1 aromatic carbocycles. The zero-order chi connectivity index (χ0) is 14.7. The first kappa shape index (κ1) is 14.8. The highest BCUT2D eigenvalue weighted by Crippen LogP contribution is 2.26. The quantitative estimate of drug-likeness (QED) is 0.824. The molecule has 1 unspecified atom stereocenters. The Hall–Kier alpha value is -1.56. The van der Waals surface area contributed by atoms with Gasteiger partial charge in [-0.3, -0.25) is 9.59 Å². The fourth-order valence-electron chi connectivity index (χ4n) is 2.46. The van der Waals surface area contributed by atoms with Crippen LogP contribution in [0.25, 0.3) is 0 Å². The molecule has 1 fully saturated rings. The number of nitrogen functional groups attached to an aromatic ring is 1. The molecule has 5 nitrogen and oxygen atoms in total. The van der Waals surface area contributed by atoms with Crippen LogP contribution in [0.1, 0.15) is 29.6 Å². The summed E-state index contributed by atoms with van der Waals surface area (Å²) >= 11 is 3.36. The molecule has 1 atom stereocenters. The highest BCUT2D eigenvalue weighted by molar-refractivity contribution is 9.10. The Labute approximate surface area is 125 Å². The molecule has 0 saturated carbocycles. The van der Waals surface area contributed by atoms with Crippen molar-refractivity contribution in [2.75, 3.05) is 18.8 Å². The maximum atomic E-state index is 12.4. The SMILES string of the molecule is Nc1ccc(Br)c(C(=O)N2CCC(CCC(=O)O)C2)c1. The number of rotatable bonds is 4. The smallest absolute Gasteiger partial charge is 0.303 e. The Bertz CT molecular complexity index is 533. The number of aliphatic carboxylic acids is 1. The number of hydrogen-bond acceptors (Lipinski definition) is 3. The fourth-order valence-corrected chi connectivity index (χ4v) is 2.87. The number of carbonyl (C=O) groups excluding carboxylic acids is 1. The van der Waals surface area contributed by atoms with Gasteiger partial charge in [-0.05, 0) is 52.9 Å². The standard InChI is InChI=1S/C14H17BrN2O3/c15-12-3-2-10(16)7-11(12)14(20)17-6-5-9(8-17)1-4-13(18)19/h2-3,7,9H,1,4-6,8,16H2,(H,18,19). The van der Waals surface area contributed by atoms with Gasteiger partial charge in [-0.15, -0.1) is 0 Å². The molecule has 1 aliphatic heterocycles. The van der Waals surface area contributed by atoms with Crippen molar-refractivity contribution in [2.45, 2.75) is 19.3 Å². The Balaban J connectivity index is 2.00. The molecule has 0 bridgehead atoms. The molecule has 1 amide bonds. The van der Waals surface area contributed by atoms with Crippen LogP contribution < -0.4 is 5.73 Å². The van der Waals surface area contributed by atoms with Gasteiger partial charge >= 0.3 is 5.97 Å². The Morgan fingerprint density at radius 2 is 2.20 bits per heavy atom. The first-order chi connectivity index (χ1) is 9.47. The molecular weight excluding hydrogens is 324 g/mol. The molecule has 20 heavy (non-hydrogen) atoms. The number of anilines is 1. The van der Waals surface area contributed by atoms with E-state index < -0.39 is 5.97 Å². The summed E-state index contributed by atoms with van der Waals surface area (Å²) in [6, 6.07) is 5.16. The molecule has 1 aliphatic rings. The monoisotopic (exact) mass is 340 g/mol. The number of nitrogens with two attached hydrogens (primary N) is 1. The predicted octanol–water partition coefficient (Wildman–Crippen LogP) is 2.36. The van der Waals surface area contributed by atoms with Crippen LogP contribution in [-0.2, 0) is 4.79 Å². The second kappa shape index (κ2) is 6.26. The van der Waals surface area contributed by atoms with Crippen molar-refractivity contribution < 1.29 is 14.7 Å². The molecule has 0 aromatic heterocycles.